The summed E-state index contributed by atoms with van der Waals surface area (Å²) in [6.45, 7) is 5.24. The molecule has 2 N–H and O–H groups in total. The third kappa shape index (κ3) is 3.95. The minimum absolute atomic E-state index is 0.210. The molecule has 21 heavy (non-hydrogen) atoms. The molecule has 0 unspecified atom stereocenters. The molecule has 1 heterocycles. The number of nitrogens with one attached hydrogen (secondary N) is 2. The molecule has 0 aliphatic carbocycles. The number of anilines is 2. The third-order valence-electron chi connectivity index (χ3n) is 2.82. The van der Waals surface area contributed by atoms with E-state index in [1.807, 2.05) is 38.1 Å². The number of pyridine rings is 1. The van der Waals surface area contributed by atoms with E-state index < -0.39 is 0 Å². The predicted octanol–water partition coefficient (Wildman–Crippen LogP) is 3.16. The monoisotopic (exact) mass is 285 g/mol. The Hall–Kier alpha value is -2.56. The van der Waals surface area contributed by atoms with Crippen LogP contribution >= 0.6 is 0 Å². The maximum absolute atomic E-state index is 12.2. The number of rotatable bonds is 6. The van der Waals surface area contributed by atoms with Gasteiger partial charge in [0.25, 0.3) is 5.91 Å². The number of aromatic nitrogens is 1. The maximum Gasteiger partial charge on any atom is 0.257 e. The van der Waals surface area contributed by atoms with Gasteiger partial charge in [0.05, 0.1) is 17.9 Å². The van der Waals surface area contributed by atoms with Crippen molar-refractivity contribution < 1.29 is 9.53 Å². The third-order valence-corrected chi connectivity index (χ3v) is 2.82. The van der Waals surface area contributed by atoms with Crippen molar-refractivity contribution in [2.45, 2.75) is 13.8 Å². The van der Waals surface area contributed by atoms with Crippen LogP contribution in [0, 0.1) is 0 Å². The molecule has 0 saturated carbocycles. The number of para-hydroxylation sites is 2. The van der Waals surface area contributed by atoms with Crippen LogP contribution in [0.3, 0.4) is 0 Å². The zero-order valence-corrected chi connectivity index (χ0v) is 12.2. The number of hydrogen-bond donors (Lipinski definition) is 2. The number of carbonyl (C=O) groups excluding carboxylic acids is 1. The summed E-state index contributed by atoms with van der Waals surface area (Å²) in [5.41, 5.74) is 1.16. The molecule has 2 aromatic rings. The van der Waals surface area contributed by atoms with Crippen molar-refractivity contribution >= 4 is 17.4 Å². The maximum atomic E-state index is 12.2. The van der Waals surface area contributed by atoms with Gasteiger partial charge >= 0.3 is 0 Å². The van der Waals surface area contributed by atoms with Crippen LogP contribution in [-0.4, -0.2) is 24.0 Å². The molecule has 0 aliphatic heterocycles. The van der Waals surface area contributed by atoms with E-state index in [0.29, 0.717) is 23.6 Å². The fraction of sp³-hybridized carbons (Fsp3) is 0.250. The van der Waals surface area contributed by atoms with Crippen molar-refractivity contribution in [2.75, 3.05) is 23.8 Å². The lowest BCUT2D eigenvalue weighted by molar-refractivity contribution is 0.102. The van der Waals surface area contributed by atoms with Gasteiger partial charge in [0.2, 0.25) is 0 Å². The summed E-state index contributed by atoms with van der Waals surface area (Å²) in [7, 11) is 0. The molecule has 1 amide bonds. The minimum atomic E-state index is -0.210. The second-order valence-corrected chi connectivity index (χ2v) is 4.35. The molecule has 0 radical (unpaired) electrons. The number of nitrogens with zero attached hydrogens (tertiary/aromatic N) is 1. The summed E-state index contributed by atoms with van der Waals surface area (Å²) in [5, 5.41) is 5.93. The fourth-order valence-corrected chi connectivity index (χ4v) is 1.86. The van der Waals surface area contributed by atoms with Crippen LogP contribution in [0.4, 0.5) is 11.5 Å². The standard InChI is InChI=1S/C16H19N3O2/c1-3-17-15-10-9-12(11-18-15)16(20)19-13-7-5-6-8-14(13)21-4-2/h5-11H,3-4H2,1-2H3,(H,17,18)(H,19,20). The fourth-order valence-electron chi connectivity index (χ4n) is 1.86. The summed E-state index contributed by atoms with van der Waals surface area (Å²) in [6, 6.07) is 10.9. The quantitative estimate of drug-likeness (QED) is 0.855. The van der Waals surface area contributed by atoms with Crippen molar-refractivity contribution in [1.29, 1.82) is 0 Å². The van der Waals surface area contributed by atoms with E-state index in [1.54, 1.807) is 18.3 Å². The van der Waals surface area contributed by atoms with Crippen molar-refractivity contribution in [3.8, 4) is 5.75 Å². The molecule has 0 atom stereocenters. The molecular formula is C16H19N3O2. The van der Waals surface area contributed by atoms with E-state index in [0.717, 1.165) is 12.4 Å². The minimum Gasteiger partial charge on any atom is -0.492 e. The highest BCUT2D eigenvalue weighted by molar-refractivity contribution is 6.04. The van der Waals surface area contributed by atoms with Gasteiger partial charge in [0.15, 0.2) is 0 Å². The first-order chi connectivity index (χ1) is 10.2. The van der Waals surface area contributed by atoms with Gasteiger partial charge in [-0.25, -0.2) is 4.98 Å². The topological polar surface area (TPSA) is 63.2 Å². The second-order valence-electron chi connectivity index (χ2n) is 4.35. The Morgan fingerprint density at radius 3 is 2.67 bits per heavy atom. The summed E-state index contributed by atoms with van der Waals surface area (Å²) >= 11 is 0. The summed E-state index contributed by atoms with van der Waals surface area (Å²) in [5.74, 6) is 1.20. The zero-order valence-electron chi connectivity index (χ0n) is 12.2. The number of benzene rings is 1. The molecule has 0 fully saturated rings. The van der Waals surface area contributed by atoms with Crippen LogP contribution < -0.4 is 15.4 Å². The van der Waals surface area contributed by atoms with Gasteiger partial charge in [-0.1, -0.05) is 12.1 Å². The second kappa shape index (κ2) is 7.28. The van der Waals surface area contributed by atoms with E-state index in [9.17, 15) is 4.79 Å². The molecule has 110 valence electrons. The lowest BCUT2D eigenvalue weighted by Gasteiger charge is -2.11. The molecule has 1 aromatic carbocycles. The van der Waals surface area contributed by atoms with Crippen LogP contribution in [0.15, 0.2) is 42.6 Å². The molecule has 1 aromatic heterocycles. The van der Waals surface area contributed by atoms with Crippen LogP contribution in [0.25, 0.3) is 0 Å². The highest BCUT2D eigenvalue weighted by Crippen LogP contribution is 2.24. The zero-order chi connectivity index (χ0) is 15.1. The molecule has 0 bridgehead atoms. The molecule has 5 heteroatoms. The number of amides is 1. The summed E-state index contributed by atoms with van der Waals surface area (Å²) < 4.78 is 5.48. The molecule has 0 spiro atoms. The first-order valence-electron chi connectivity index (χ1n) is 6.97. The van der Waals surface area contributed by atoms with Gasteiger partial charge in [-0.3, -0.25) is 4.79 Å². The Labute approximate surface area is 124 Å². The normalized spacial score (nSPS) is 10.0. The Morgan fingerprint density at radius 1 is 1.19 bits per heavy atom. The Kier molecular flexibility index (Phi) is 5.15. The summed E-state index contributed by atoms with van der Waals surface area (Å²) in [4.78, 5) is 16.4. The van der Waals surface area contributed by atoms with Gasteiger partial charge in [-0.2, -0.15) is 0 Å². The number of hydrogen-bond acceptors (Lipinski definition) is 4. The van der Waals surface area contributed by atoms with Crippen molar-refractivity contribution in [3.63, 3.8) is 0 Å². The van der Waals surface area contributed by atoms with Crippen molar-refractivity contribution in [1.82, 2.24) is 4.98 Å². The molecule has 5 nitrogen and oxygen atoms in total. The van der Waals surface area contributed by atoms with E-state index in [1.165, 1.54) is 0 Å². The highest BCUT2D eigenvalue weighted by Gasteiger charge is 2.10. The molecule has 0 aliphatic rings. The molecule has 0 saturated heterocycles. The van der Waals surface area contributed by atoms with Gasteiger partial charge in [-0.15, -0.1) is 0 Å². The van der Waals surface area contributed by atoms with Gasteiger partial charge in [0.1, 0.15) is 11.6 Å². The van der Waals surface area contributed by atoms with E-state index in [-0.39, 0.29) is 5.91 Å². The smallest absolute Gasteiger partial charge is 0.257 e. The average Bonchev–Trinajstić information content (AvgIpc) is 2.50. The number of ether oxygens (including phenoxy) is 1. The van der Waals surface area contributed by atoms with Crippen LogP contribution in [-0.2, 0) is 0 Å². The lowest BCUT2D eigenvalue weighted by Crippen LogP contribution is -2.13. The van der Waals surface area contributed by atoms with Crippen LogP contribution in [0.5, 0.6) is 5.75 Å². The molecule has 2 rings (SSSR count). The first-order valence-corrected chi connectivity index (χ1v) is 6.97. The Morgan fingerprint density at radius 2 is 2.00 bits per heavy atom. The predicted molar refractivity (Wildman–Crippen MR) is 84.0 cm³/mol. The van der Waals surface area contributed by atoms with Crippen LogP contribution in [0.1, 0.15) is 24.2 Å². The molecular weight excluding hydrogens is 266 g/mol. The Bertz CT molecular complexity index is 597. The first kappa shape index (κ1) is 14.8. The largest absolute Gasteiger partial charge is 0.492 e. The average molecular weight is 285 g/mol. The SMILES string of the molecule is CCNc1ccc(C(=O)Nc2ccccc2OCC)cn1. The Balaban J connectivity index is 2.10. The summed E-state index contributed by atoms with van der Waals surface area (Å²) in [6.07, 6.45) is 1.55. The van der Waals surface area contributed by atoms with Crippen molar-refractivity contribution in [3.05, 3.63) is 48.2 Å². The van der Waals surface area contributed by atoms with Crippen molar-refractivity contribution in [2.24, 2.45) is 0 Å². The number of carbonyl (C=O) groups is 1. The van der Waals surface area contributed by atoms with E-state index in [2.05, 4.69) is 15.6 Å². The van der Waals surface area contributed by atoms with Gasteiger partial charge < -0.3 is 15.4 Å². The lowest BCUT2D eigenvalue weighted by atomic mass is 10.2. The van der Waals surface area contributed by atoms with E-state index >= 15 is 0 Å². The van der Waals surface area contributed by atoms with E-state index in [4.69, 9.17) is 4.74 Å². The highest BCUT2D eigenvalue weighted by atomic mass is 16.5. The van der Waals surface area contributed by atoms with Gasteiger partial charge in [0, 0.05) is 12.7 Å². The van der Waals surface area contributed by atoms with Gasteiger partial charge in [-0.05, 0) is 38.1 Å². The van der Waals surface area contributed by atoms with Crippen LogP contribution in [0.2, 0.25) is 0 Å².